The van der Waals surface area contributed by atoms with Crippen molar-refractivity contribution in [3.63, 3.8) is 0 Å². The maximum Gasteiger partial charge on any atom is 0.306 e. The molecule has 0 bridgehead atoms. The Morgan fingerprint density at radius 3 is 0.817 bits per heavy atom. The minimum Gasteiger partial charge on any atom is -0.462 e. The van der Waals surface area contributed by atoms with Gasteiger partial charge in [0.25, 0.3) is 0 Å². The van der Waals surface area contributed by atoms with Gasteiger partial charge in [0.2, 0.25) is 0 Å². The molecule has 0 aromatic carbocycles. The quantitative estimate of drug-likeness (QED) is 0.0345. The first kappa shape index (κ1) is 58.4. The molecule has 6 heteroatoms. The highest BCUT2D eigenvalue weighted by Crippen LogP contribution is 2.17. The van der Waals surface area contributed by atoms with Crippen LogP contribution in [-0.2, 0) is 28.6 Å². The van der Waals surface area contributed by atoms with E-state index in [9.17, 15) is 14.4 Å². The van der Waals surface area contributed by atoms with Gasteiger partial charge in [-0.25, -0.2) is 0 Å². The molecule has 0 unspecified atom stereocenters. The van der Waals surface area contributed by atoms with Crippen LogP contribution in [0.1, 0.15) is 304 Å². The van der Waals surface area contributed by atoms with Gasteiger partial charge in [0.1, 0.15) is 13.2 Å². The Bertz CT molecular complexity index is 903. The van der Waals surface area contributed by atoms with Gasteiger partial charge >= 0.3 is 17.9 Å². The third-order valence-corrected chi connectivity index (χ3v) is 12.3. The fourth-order valence-corrected chi connectivity index (χ4v) is 8.22. The predicted octanol–water partition coefficient (Wildman–Crippen LogP) is 17.5. The summed E-state index contributed by atoms with van der Waals surface area (Å²) in [5.74, 6) is -0.00927. The Hall–Kier alpha value is -1.59. The standard InChI is InChI=1S/C54H104O6/c1-5-7-9-11-13-15-17-18-19-20-21-22-26-30-33-37-41-45-52(55)58-48-51(60-54(57)47-43-39-35-29-16-14-12-10-8-6-2)49-59-53(56)46-42-38-34-31-27-24-23-25-28-32-36-40-44-50(3)4/h50-51H,5-49H2,1-4H3/t51-/m1/s1. The zero-order valence-electron chi connectivity index (χ0n) is 40.9. The number of esters is 3. The Morgan fingerprint density at radius 1 is 0.317 bits per heavy atom. The molecule has 0 heterocycles. The molecule has 0 aliphatic carbocycles. The normalized spacial score (nSPS) is 11.9. The molecule has 0 saturated carbocycles. The molecule has 6 nitrogen and oxygen atoms in total. The molecule has 0 aromatic heterocycles. The van der Waals surface area contributed by atoms with Gasteiger partial charge in [0.05, 0.1) is 0 Å². The van der Waals surface area contributed by atoms with Crippen LogP contribution in [0.4, 0.5) is 0 Å². The van der Waals surface area contributed by atoms with Crippen LogP contribution in [0.25, 0.3) is 0 Å². The molecular formula is C54H104O6. The highest BCUT2D eigenvalue weighted by molar-refractivity contribution is 5.71. The van der Waals surface area contributed by atoms with Gasteiger partial charge in [0, 0.05) is 19.3 Å². The van der Waals surface area contributed by atoms with E-state index in [4.69, 9.17) is 14.2 Å². The van der Waals surface area contributed by atoms with Gasteiger partial charge in [-0.1, -0.05) is 265 Å². The molecule has 0 fully saturated rings. The number of rotatable bonds is 49. The molecule has 1 atom stereocenters. The fourth-order valence-electron chi connectivity index (χ4n) is 8.22. The van der Waals surface area contributed by atoms with Crippen molar-refractivity contribution in [2.75, 3.05) is 13.2 Å². The monoisotopic (exact) mass is 849 g/mol. The average Bonchev–Trinajstić information content (AvgIpc) is 3.23. The van der Waals surface area contributed by atoms with Crippen molar-refractivity contribution in [2.45, 2.75) is 310 Å². The second-order valence-electron chi connectivity index (χ2n) is 19.0. The van der Waals surface area contributed by atoms with Crippen LogP contribution < -0.4 is 0 Å². The van der Waals surface area contributed by atoms with Crippen LogP contribution in [0.3, 0.4) is 0 Å². The lowest BCUT2D eigenvalue weighted by Gasteiger charge is -2.18. The zero-order valence-corrected chi connectivity index (χ0v) is 40.9. The molecule has 0 aliphatic rings. The van der Waals surface area contributed by atoms with E-state index < -0.39 is 6.10 Å². The first-order chi connectivity index (χ1) is 29.4. The summed E-state index contributed by atoms with van der Waals surface area (Å²) >= 11 is 0. The summed E-state index contributed by atoms with van der Waals surface area (Å²) in [5, 5.41) is 0. The summed E-state index contributed by atoms with van der Waals surface area (Å²) in [4.78, 5) is 37.9. The third-order valence-electron chi connectivity index (χ3n) is 12.3. The Morgan fingerprint density at radius 2 is 0.550 bits per heavy atom. The molecule has 356 valence electrons. The summed E-state index contributed by atoms with van der Waals surface area (Å²) in [6.45, 7) is 9.03. The summed E-state index contributed by atoms with van der Waals surface area (Å²) in [7, 11) is 0. The number of hydrogen-bond donors (Lipinski definition) is 0. The van der Waals surface area contributed by atoms with Crippen molar-refractivity contribution in [3.05, 3.63) is 0 Å². The molecule has 0 amide bonds. The number of carbonyl (C=O) groups excluding carboxylic acids is 3. The third kappa shape index (κ3) is 47.5. The van der Waals surface area contributed by atoms with Gasteiger partial charge in [-0.15, -0.1) is 0 Å². The van der Waals surface area contributed by atoms with Gasteiger partial charge in [-0.05, 0) is 25.2 Å². The molecule has 60 heavy (non-hydrogen) atoms. The van der Waals surface area contributed by atoms with E-state index in [-0.39, 0.29) is 31.1 Å². The van der Waals surface area contributed by atoms with Crippen molar-refractivity contribution in [3.8, 4) is 0 Å². The summed E-state index contributed by atoms with van der Waals surface area (Å²) in [6, 6.07) is 0. The SMILES string of the molecule is CCCCCCCCCCCCCCCCCCCC(=O)OC[C@H](COC(=O)CCCCCCCCCCCCCCC(C)C)OC(=O)CCCCCCCCCCCC. The van der Waals surface area contributed by atoms with Gasteiger partial charge in [-0.2, -0.15) is 0 Å². The van der Waals surface area contributed by atoms with Crippen LogP contribution in [-0.4, -0.2) is 37.2 Å². The molecule has 0 saturated heterocycles. The molecular weight excluding hydrogens is 745 g/mol. The van der Waals surface area contributed by atoms with Crippen molar-refractivity contribution < 1.29 is 28.6 Å². The highest BCUT2D eigenvalue weighted by atomic mass is 16.6. The van der Waals surface area contributed by atoms with Crippen molar-refractivity contribution in [1.82, 2.24) is 0 Å². The lowest BCUT2D eigenvalue weighted by Crippen LogP contribution is -2.30. The maximum absolute atomic E-state index is 12.8. The summed E-state index contributed by atoms with van der Waals surface area (Å²) < 4.78 is 16.8. The molecule has 0 N–H and O–H groups in total. The fraction of sp³-hybridized carbons (Fsp3) is 0.944. The first-order valence-electron chi connectivity index (χ1n) is 26.9. The van der Waals surface area contributed by atoms with Gasteiger partial charge in [0.15, 0.2) is 6.10 Å². The van der Waals surface area contributed by atoms with Crippen LogP contribution in [0.5, 0.6) is 0 Å². The van der Waals surface area contributed by atoms with E-state index in [0.29, 0.717) is 19.3 Å². The number of carbonyl (C=O) groups is 3. The van der Waals surface area contributed by atoms with Crippen LogP contribution in [0.15, 0.2) is 0 Å². The van der Waals surface area contributed by atoms with Crippen LogP contribution in [0, 0.1) is 5.92 Å². The molecule has 0 aromatic rings. The number of unbranched alkanes of at least 4 members (excludes halogenated alkanes) is 36. The summed E-state index contributed by atoms with van der Waals surface area (Å²) in [5.41, 5.74) is 0. The lowest BCUT2D eigenvalue weighted by atomic mass is 10.0. The number of hydrogen-bond acceptors (Lipinski definition) is 6. The van der Waals surface area contributed by atoms with Gasteiger partial charge < -0.3 is 14.2 Å². The Kier molecular flexibility index (Phi) is 47.2. The lowest BCUT2D eigenvalue weighted by molar-refractivity contribution is -0.167. The van der Waals surface area contributed by atoms with E-state index in [0.717, 1.165) is 63.7 Å². The topological polar surface area (TPSA) is 78.9 Å². The first-order valence-corrected chi connectivity index (χ1v) is 26.9. The molecule has 0 rings (SSSR count). The minimum atomic E-state index is -0.760. The van der Waals surface area contributed by atoms with Crippen LogP contribution in [0.2, 0.25) is 0 Å². The van der Waals surface area contributed by atoms with E-state index in [1.807, 2.05) is 0 Å². The summed E-state index contributed by atoms with van der Waals surface area (Å²) in [6.07, 6.45) is 50.9. The predicted molar refractivity (Wildman–Crippen MR) is 257 cm³/mol. The van der Waals surface area contributed by atoms with Crippen molar-refractivity contribution >= 4 is 17.9 Å². The molecule has 0 radical (unpaired) electrons. The smallest absolute Gasteiger partial charge is 0.306 e. The van der Waals surface area contributed by atoms with Crippen molar-refractivity contribution in [1.29, 1.82) is 0 Å². The second kappa shape index (κ2) is 48.4. The van der Waals surface area contributed by atoms with E-state index in [2.05, 4.69) is 27.7 Å². The van der Waals surface area contributed by atoms with E-state index in [1.54, 1.807) is 0 Å². The Balaban J connectivity index is 4.24. The van der Waals surface area contributed by atoms with Crippen LogP contribution >= 0.6 is 0 Å². The Labute approximate surface area is 374 Å². The minimum absolute atomic E-state index is 0.0625. The maximum atomic E-state index is 12.8. The second-order valence-corrected chi connectivity index (χ2v) is 19.0. The highest BCUT2D eigenvalue weighted by Gasteiger charge is 2.19. The molecule has 0 spiro atoms. The number of ether oxygens (including phenoxy) is 3. The largest absolute Gasteiger partial charge is 0.462 e. The average molecular weight is 849 g/mol. The van der Waals surface area contributed by atoms with E-state index >= 15 is 0 Å². The van der Waals surface area contributed by atoms with E-state index in [1.165, 1.54) is 199 Å². The van der Waals surface area contributed by atoms with Crippen molar-refractivity contribution in [2.24, 2.45) is 5.92 Å². The molecule has 0 aliphatic heterocycles. The van der Waals surface area contributed by atoms with Gasteiger partial charge in [-0.3, -0.25) is 14.4 Å². The zero-order chi connectivity index (χ0) is 43.8.